The van der Waals surface area contributed by atoms with Gasteiger partial charge in [0.1, 0.15) is 0 Å². The Morgan fingerprint density at radius 3 is 2.54 bits per heavy atom. The quantitative estimate of drug-likeness (QED) is 0.657. The smallest absolute Gasteiger partial charge is 0.0959 e. The molecule has 1 heterocycles. The van der Waals surface area contributed by atoms with Crippen LogP contribution in [0.25, 0.3) is 0 Å². The molecular formula is C10H18N2O. The molecule has 1 rings (SSSR count). The lowest BCUT2D eigenvalue weighted by atomic mass is 9.95. The minimum atomic E-state index is -0.434. The van der Waals surface area contributed by atoms with Crippen LogP contribution in [0.3, 0.4) is 0 Å². The van der Waals surface area contributed by atoms with Crippen LogP contribution in [0.5, 0.6) is 0 Å². The second-order valence-corrected chi connectivity index (χ2v) is 3.65. The van der Waals surface area contributed by atoms with E-state index in [0.717, 1.165) is 5.56 Å². The number of likely N-dealkylation sites (N-methyl/N-ethyl adjacent to an activating group) is 1. The van der Waals surface area contributed by atoms with Gasteiger partial charge in [0.05, 0.1) is 6.10 Å². The van der Waals surface area contributed by atoms with Gasteiger partial charge in [0.15, 0.2) is 0 Å². The molecule has 74 valence electrons. The molecule has 2 unspecified atom stereocenters. The van der Waals surface area contributed by atoms with Crippen LogP contribution in [-0.4, -0.2) is 23.2 Å². The van der Waals surface area contributed by atoms with E-state index in [1.165, 1.54) is 0 Å². The highest BCUT2D eigenvalue weighted by molar-refractivity contribution is 5.14. The summed E-state index contributed by atoms with van der Waals surface area (Å²) in [6, 6.07) is 2.01. The van der Waals surface area contributed by atoms with Gasteiger partial charge in [0.2, 0.25) is 0 Å². The van der Waals surface area contributed by atoms with Crippen LogP contribution in [0.15, 0.2) is 18.5 Å². The molecule has 0 aromatic carbocycles. The summed E-state index contributed by atoms with van der Waals surface area (Å²) in [4.78, 5) is 2.94. The van der Waals surface area contributed by atoms with E-state index in [-0.39, 0.29) is 6.04 Å². The molecule has 0 saturated carbocycles. The molecule has 3 N–H and O–H groups in total. The van der Waals surface area contributed by atoms with E-state index in [1.54, 1.807) is 0 Å². The van der Waals surface area contributed by atoms with Gasteiger partial charge in [-0.1, -0.05) is 13.8 Å². The maximum atomic E-state index is 9.96. The molecular weight excluding hydrogens is 164 g/mol. The van der Waals surface area contributed by atoms with Crippen molar-refractivity contribution in [1.29, 1.82) is 0 Å². The van der Waals surface area contributed by atoms with E-state index in [1.807, 2.05) is 25.5 Å². The molecule has 3 heteroatoms. The number of aliphatic hydroxyl groups excluding tert-OH is 1. The van der Waals surface area contributed by atoms with Crippen LogP contribution in [0, 0.1) is 5.92 Å². The van der Waals surface area contributed by atoms with Crippen molar-refractivity contribution in [3.63, 3.8) is 0 Å². The molecule has 0 bridgehead atoms. The Kier molecular flexibility index (Phi) is 3.51. The molecule has 0 amide bonds. The largest absolute Gasteiger partial charge is 0.387 e. The van der Waals surface area contributed by atoms with Gasteiger partial charge >= 0.3 is 0 Å². The summed E-state index contributed by atoms with van der Waals surface area (Å²) in [5.41, 5.74) is 0.938. The molecule has 0 aliphatic carbocycles. The first-order valence-corrected chi connectivity index (χ1v) is 4.64. The van der Waals surface area contributed by atoms with Gasteiger partial charge in [-0.05, 0) is 24.6 Å². The number of rotatable bonds is 4. The number of hydrogen-bond acceptors (Lipinski definition) is 2. The molecule has 0 spiro atoms. The van der Waals surface area contributed by atoms with Crippen LogP contribution < -0.4 is 5.32 Å². The Morgan fingerprint density at radius 2 is 2.15 bits per heavy atom. The fourth-order valence-electron chi connectivity index (χ4n) is 1.58. The Hall–Kier alpha value is -0.800. The minimum Gasteiger partial charge on any atom is -0.387 e. The fourth-order valence-corrected chi connectivity index (χ4v) is 1.58. The molecule has 0 aliphatic heterocycles. The standard InChI is InChI=1S/C10H18N2O/c1-7(2)9(11-3)10(13)8-4-5-12-6-8/h4-7,9-13H,1-3H3. The highest BCUT2D eigenvalue weighted by Crippen LogP contribution is 2.20. The van der Waals surface area contributed by atoms with Gasteiger partial charge < -0.3 is 15.4 Å². The van der Waals surface area contributed by atoms with Crippen LogP contribution in [0.4, 0.5) is 0 Å². The summed E-state index contributed by atoms with van der Waals surface area (Å²) in [5, 5.41) is 13.1. The third-order valence-electron chi connectivity index (χ3n) is 2.36. The normalized spacial score (nSPS) is 16.1. The molecule has 0 fully saturated rings. The Morgan fingerprint density at radius 1 is 1.46 bits per heavy atom. The van der Waals surface area contributed by atoms with E-state index in [4.69, 9.17) is 0 Å². The number of hydrogen-bond donors (Lipinski definition) is 3. The molecule has 1 aromatic rings. The zero-order chi connectivity index (χ0) is 9.84. The van der Waals surface area contributed by atoms with Gasteiger partial charge in [-0.15, -0.1) is 0 Å². The summed E-state index contributed by atoms with van der Waals surface area (Å²) in [7, 11) is 1.88. The number of aromatic nitrogens is 1. The number of nitrogens with one attached hydrogen (secondary N) is 2. The van der Waals surface area contributed by atoms with Crippen molar-refractivity contribution in [2.75, 3.05) is 7.05 Å². The average Bonchev–Trinajstić information content (AvgIpc) is 2.56. The van der Waals surface area contributed by atoms with Crippen molar-refractivity contribution in [1.82, 2.24) is 10.3 Å². The van der Waals surface area contributed by atoms with Gasteiger partial charge in [-0.2, -0.15) is 0 Å². The van der Waals surface area contributed by atoms with Crippen molar-refractivity contribution in [3.05, 3.63) is 24.0 Å². The second-order valence-electron chi connectivity index (χ2n) is 3.65. The average molecular weight is 182 g/mol. The topological polar surface area (TPSA) is 48.0 Å². The van der Waals surface area contributed by atoms with Crippen molar-refractivity contribution >= 4 is 0 Å². The Balaban J connectivity index is 2.70. The van der Waals surface area contributed by atoms with Crippen molar-refractivity contribution in [2.24, 2.45) is 5.92 Å². The molecule has 0 radical (unpaired) electrons. The zero-order valence-corrected chi connectivity index (χ0v) is 8.41. The first kappa shape index (κ1) is 10.3. The highest BCUT2D eigenvalue weighted by atomic mass is 16.3. The van der Waals surface area contributed by atoms with Crippen LogP contribution in [0.2, 0.25) is 0 Å². The van der Waals surface area contributed by atoms with Gasteiger partial charge in [0, 0.05) is 18.4 Å². The Labute approximate surface area is 79.2 Å². The predicted octanol–water partition coefficient (Wildman–Crippen LogP) is 1.29. The molecule has 13 heavy (non-hydrogen) atoms. The van der Waals surface area contributed by atoms with E-state index in [0.29, 0.717) is 5.92 Å². The minimum absolute atomic E-state index is 0.107. The maximum Gasteiger partial charge on any atom is 0.0959 e. The molecule has 2 atom stereocenters. The molecule has 0 aliphatic rings. The highest BCUT2D eigenvalue weighted by Gasteiger charge is 2.22. The maximum absolute atomic E-state index is 9.96. The van der Waals surface area contributed by atoms with Gasteiger partial charge in [-0.25, -0.2) is 0 Å². The lowest BCUT2D eigenvalue weighted by Crippen LogP contribution is -2.36. The summed E-state index contributed by atoms with van der Waals surface area (Å²) >= 11 is 0. The Bertz CT molecular complexity index is 231. The van der Waals surface area contributed by atoms with Crippen molar-refractivity contribution in [2.45, 2.75) is 26.0 Å². The van der Waals surface area contributed by atoms with Gasteiger partial charge in [-0.3, -0.25) is 0 Å². The second kappa shape index (κ2) is 4.44. The van der Waals surface area contributed by atoms with Crippen molar-refractivity contribution in [3.8, 4) is 0 Å². The first-order chi connectivity index (χ1) is 6.16. The first-order valence-electron chi connectivity index (χ1n) is 4.64. The summed E-state index contributed by atoms with van der Waals surface area (Å²) < 4.78 is 0. The predicted molar refractivity (Wildman–Crippen MR) is 53.4 cm³/mol. The fraction of sp³-hybridized carbons (Fsp3) is 0.600. The SMILES string of the molecule is CNC(C(C)C)C(O)c1cc[nH]c1. The van der Waals surface area contributed by atoms with Crippen LogP contribution in [-0.2, 0) is 0 Å². The third kappa shape index (κ3) is 2.32. The van der Waals surface area contributed by atoms with Crippen LogP contribution in [0.1, 0.15) is 25.5 Å². The molecule has 3 nitrogen and oxygen atoms in total. The lowest BCUT2D eigenvalue weighted by Gasteiger charge is -2.25. The third-order valence-corrected chi connectivity index (χ3v) is 2.36. The molecule has 0 saturated heterocycles. The monoisotopic (exact) mass is 182 g/mol. The van der Waals surface area contributed by atoms with E-state index in [2.05, 4.69) is 24.1 Å². The van der Waals surface area contributed by atoms with E-state index < -0.39 is 6.10 Å². The number of aliphatic hydroxyl groups is 1. The van der Waals surface area contributed by atoms with E-state index in [9.17, 15) is 5.11 Å². The van der Waals surface area contributed by atoms with Crippen molar-refractivity contribution < 1.29 is 5.11 Å². The number of H-pyrrole nitrogens is 1. The number of aromatic amines is 1. The summed E-state index contributed by atoms with van der Waals surface area (Å²) in [6.07, 6.45) is 3.22. The summed E-state index contributed by atoms with van der Waals surface area (Å²) in [6.45, 7) is 4.19. The molecule has 1 aromatic heterocycles. The van der Waals surface area contributed by atoms with E-state index >= 15 is 0 Å². The van der Waals surface area contributed by atoms with Gasteiger partial charge in [0.25, 0.3) is 0 Å². The zero-order valence-electron chi connectivity index (χ0n) is 8.41. The van der Waals surface area contributed by atoms with Crippen LogP contribution >= 0.6 is 0 Å². The lowest BCUT2D eigenvalue weighted by molar-refractivity contribution is 0.110. The summed E-state index contributed by atoms with van der Waals surface area (Å²) in [5.74, 6) is 0.412.